The average molecular weight is 598 g/mol. The number of amides is 2. The van der Waals surface area contributed by atoms with Gasteiger partial charge in [0.1, 0.15) is 6.04 Å². The van der Waals surface area contributed by atoms with E-state index in [1.165, 1.54) is 4.31 Å². The summed E-state index contributed by atoms with van der Waals surface area (Å²) in [6, 6.07) is 23.7. The van der Waals surface area contributed by atoms with Crippen LogP contribution < -0.4 is 9.62 Å². The van der Waals surface area contributed by atoms with Gasteiger partial charge in [0, 0.05) is 37.5 Å². The van der Waals surface area contributed by atoms with E-state index in [0.29, 0.717) is 29.2 Å². The third kappa shape index (κ3) is 9.61. The molecule has 1 atom stereocenters. The number of nitrogens with one attached hydrogen (secondary N) is 1. The van der Waals surface area contributed by atoms with Gasteiger partial charge in [-0.3, -0.25) is 13.9 Å². The predicted octanol–water partition coefficient (Wildman–Crippen LogP) is 5.75. The number of hydrogen-bond acceptors (Lipinski definition) is 4. The Balaban J connectivity index is 1.86. The Morgan fingerprint density at radius 2 is 1.54 bits per heavy atom. The molecule has 0 unspecified atom stereocenters. The van der Waals surface area contributed by atoms with E-state index in [9.17, 15) is 18.0 Å². The zero-order chi connectivity index (χ0) is 29.8. The average Bonchev–Trinajstić information content (AvgIpc) is 2.95. The molecule has 0 saturated carbocycles. The Hall–Kier alpha value is -3.36. The number of hydrogen-bond donors (Lipinski definition) is 1. The summed E-state index contributed by atoms with van der Waals surface area (Å²) >= 11 is 6.27. The maximum atomic E-state index is 13.9. The smallest absolute Gasteiger partial charge is 0.243 e. The number of benzene rings is 3. The fraction of sp³-hybridized carbons (Fsp3) is 0.375. The molecule has 0 saturated heterocycles. The van der Waals surface area contributed by atoms with Crippen molar-refractivity contribution in [3.8, 4) is 0 Å². The number of nitrogens with zero attached hydrogens (tertiary/aromatic N) is 2. The van der Waals surface area contributed by atoms with Gasteiger partial charge in [0.15, 0.2) is 0 Å². The highest BCUT2D eigenvalue weighted by molar-refractivity contribution is 7.92. The number of carbonyl (C=O) groups excluding carboxylic acids is 2. The molecule has 0 aliphatic heterocycles. The summed E-state index contributed by atoms with van der Waals surface area (Å²) < 4.78 is 26.7. The van der Waals surface area contributed by atoms with E-state index in [4.69, 9.17) is 11.6 Å². The van der Waals surface area contributed by atoms with Crippen LogP contribution in [0.3, 0.4) is 0 Å². The first-order chi connectivity index (χ1) is 19.6. The lowest BCUT2D eigenvalue weighted by molar-refractivity contribution is -0.141. The minimum atomic E-state index is -3.62. The van der Waals surface area contributed by atoms with Gasteiger partial charge in [-0.25, -0.2) is 8.42 Å². The van der Waals surface area contributed by atoms with Gasteiger partial charge >= 0.3 is 0 Å². The minimum Gasteiger partial charge on any atom is -0.354 e. The van der Waals surface area contributed by atoms with E-state index >= 15 is 0 Å². The largest absolute Gasteiger partial charge is 0.354 e. The van der Waals surface area contributed by atoms with Crippen LogP contribution in [0.15, 0.2) is 78.9 Å². The lowest BCUT2D eigenvalue weighted by Gasteiger charge is -2.32. The molecule has 41 heavy (non-hydrogen) atoms. The van der Waals surface area contributed by atoms with Crippen LogP contribution in [0.4, 0.5) is 5.69 Å². The van der Waals surface area contributed by atoms with Crippen molar-refractivity contribution in [1.82, 2.24) is 10.2 Å². The minimum absolute atomic E-state index is 0.0754. The van der Waals surface area contributed by atoms with Gasteiger partial charge in [-0.2, -0.15) is 0 Å². The van der Waals surface area contributed by atoms with Gasteiger partial charge in [-0.05, 0) is 48.6 Å². The molecule has 0 aromatic heterocycles. The molecule has 3 aromatic rings. The molecule has 1 N–H and O–H groups in total. The van der Waals surface area contributed by atoms with Gasteiger partial charge in [-0.1, -0.05) is 91.7 Å². The lowest BCUT2D eigenvalue weighted by Crippen LogP contribution is -2.50. The number of sulfonamides is 1. The Bertz CT molecular complexity index is 1380. The second kappa shape index (κ2) is 15.6. The number of rotatable bonds is 15. The molecule has 7 nitrogen and oxygen atoms in total. The zero-order valence-electron chi connectivity index (χ0n) is 24.1. The molecular formula is C32H40ClN3O4S. The quantitative estimate of drug-likeness (QED) is 0.226. The molecule has 2 amide bonds. The molecular weight excluding hydrogens is 558 g/mol. The normalized spacial score (nSPS) is 12.0. The maximum Gasteiger partial charge on any atom is 0.243 e. The van der Waals surface area contributed by atoms with Crippen molar-refractivity contribution >= 4 is 39.1 Å². The SMILES string of the molecule is CCCCNC(=O)[C@@H](Cc1ccccc1)N(Cc1ccccc1)C(=O)CCCN(c1cccc(Cl)c1C)S(C)(=O)=O. The van der Waals surface area contributed by atoms with Crippen LogP contribution in [0.5, 0.6) is 0 Å². The molecule has 0 fully saturated rings. The summed E-state index contributed by atoms with van der Waals surface area (Å²) in [5.74, 6) is -0.407. The van der Waals surface area contributed by atoms with Crippen molar-refractivity contribution < 1.29 is 18.0 Å². The fourth-order valence-corrected chi connectivity index (χ4v) is 5.87. The lowest BCUT2D eigenvalue weighted by atomic mass is 10.0. The highest BCUT2D eigenvalue weighted by atomic mass is 35.5. The van der Waals surface area contributed by atoms with Crippen molar-refractivity contribution in [3.63, 3.8) is 0 Å². The van der Waals surface area contributed by atoms with Crippen LogP contribution in [0.1, 0.15) is 49.3 Å². The summed E-state index contributed by atoms with van der Waals surface area (Å²) in [6.45, 7) is 4.74. The van der Waals surface area contributed by atoms with Gasteiger partial charge < -0.3 is 10.2 Å². The number of anilines is 1. The molecule has 220 valence electrons. The maximum absolute atomic E-state index is 13.9. The molecule has 0 radical (unpaired) electrons. The van der Waals surface area contributed by atoms with Gasteiger partial charge in [-0.15, -0.1) is 0 Å². The van der Waals surface area contributed by atoms with Crippen LogP contribution in [-0.4, -0.2) is 50.5 Å². The molecule has 0 spiro atoms. The summed E-state index contributed by atoms with van der Waals surface area (Å²) in [4.78, 5) is 29.0. The summed E-state index contributed by atoms with van der Waals surface area (Å²) in [5.41, 5.74) is 3.01. The second-order valence-corrected chi connectivity index (χ2v) is 12.5. The highest BCUT2D eigenvalue weighted by Crippen LogP contribution is 2.28. The number of carbonyl (C=O) groups is 2. The van der Waals surface area contributed by atoms with E-state index in [2.05, 4.69) is 12.2 Å². The molecule has 0 aliphatic rings. The van der Waals surface area contributed by atoms with Crippen LogP contribution in [0.2, 0.25) is 5.02 Å². The van der Waals surface area contributed by atoms with E-state index in [1.807, 2.05) is 60.7 Å². The van der Waals surface area contributed by atoms with Crippen molar-refractivity contribution in [2.75, 3.05) is 23.7 Å². The number of unbranched alkanes of at least 4 members (excludes halogenated alkanes) is 1. The molecule has 0 aliphatic carbocycles. The predicted molar refractivity (Wildman–Crippen MR) is 166 cm³/mol. The van der Waals surface area contributed by atoms with Crippen molar-refractivity contribution in [2.45, 2.75) is 58.5 Å². The second-order valence-electron chi connectivity index (χ2n) is 10.2. The monoisotopic (exact) mass is 597 g/mol. The first-order valence-corrected chi connectivity index (χ1v) is 16.2. The Morgan fingerprint density at radius 3 is 2.15 bits per heavy atom. The first kappa shape index (κ1) is 32.2. The summed E-state index contributed by atoms with van der Waals surface area (Å²) in [7, 11) is -3.62. The topological polar surface area (TPSA) is 86.8 Å². The van der Waals surface area contributed by atoms with Crippen LogP contribution in [-0.2, 0) is 32.6 Å². The summed E-state index contributed by atoms with van der Waals surface area (Å²) in [6.07, 6.45) is 3.66. The standard InChI is InChI=1S/C32H40ClN3O4S/c1-4-5-21-34-32(38)30(23-26-14-8-6-9-15-26)35(24-27-16-10-7-11-17-27)31(37)20-13-22-36(41(3,39)40)29-19-12-18-28(33)25(29)2/h6-12,14-19,30H,4-5,13,20-24H2,1-3H3,(H,34,38)/t30-/m1/s1. The summed E-state index contributed by atoms with van der Waals surface area (Å²) in [5, 5.41) is 3.49. The zero-order valence-corrected chi connectivity index (χ0v) is 25.6. The highest BCUT2D eigenvalue weighted by Gasteiger charge is 2.30. The van der Waals surface area contributed by atoms with Crippen molar-refractivity contribution in [3.05, 3.63) is 101 Å². The molecule has 3 rings (SSSR count). The van der Waals surface area contributed by atoms with Crippen molar-refractivity contribution in [1.29, 1.82) is 0 Å². The van der Waals surface area contributed by atoms with E-state index in [-0.39, 0.29) is 37.7 Å². The number of halogens is 1. The van der Waals surface area contributed by atoms with Crippen LogP contribution in [0, 0.1) is 6.92 Å². The van der Waals surface area contributed by atoms with E-state index in [0.717, 1.165) is 30.2 Å². The third-order valence-electron chi connectivity index (χ3n) is 6.96. The molecule has 3 aromatic carbocycles. The molecule has 0 heterocycles. The third-order valence-corrected chi connectivity index (χ3v) is 8.55. The first-order valence-electron chi connectivity index (χ1n) is 14.0. The van der Waals surface area contributed by atoms with Crippen LogP contribution in [0.25, 0.3) is 0 Å². The Kier molecular flexibility index (Phi) is 12.2. The fourth-order valence-electron chi connectivity index (χ4n) is 4.69. The van der Waals surface area contributed by atoms with Gasteiger partial charge in [0.05, 0.1) is 11.9 Å². The van der Waals surface area contributed by atoms with Gasteiger partial charge in [0.25, 0.3) is 0 Å². The van der Waals surface area contributed by atoms with E-state index < -0.39 is 16.1 Å². The van der Waals surface area contributed by atoms with Gasteiger partial charge in [0.2, 0.25) is 21.8 Å². The van der Waals surface area contributed by atoms with Crippen LogP contribution >= 0.6 is 11.6 Å². The Labute approximate surface area is 249 Å². The molecule has 0 bridgehead atoms. The molecule has 9 heteroatoms. The van der Waals surface area contributed by atoms with E-state index in [1.54, 1.807) is 30.0 Å². The Morgan fingerprint density at radius 1 is 0.902 bits per heavy atom. The van der Waals surface area contributed by atoms with Crippen molar-refractivity contribution in [2.24, 2.45) is 0 Å².